The molecule has 6 N–H and O–H groups in total. The molecule has 16 heteroatoms. The van der Waals surface area contributed by atoms with E-state index in [-0.39, 0.29) is 50.7 Å². The van der Waals surface area contributed by atoms with Crippen LogP contribution in [0.25, 0.3) is 0 Å². The highest BCUT2D eigenvalue weighted by atomic mass is 32.2. The van der Waals surface area contributed by atoms with Gasteiger partial charge in [-0.05, 0) is 0 Å². The zero-order chi connectivity index (χ0) is 22.9. The number of nitrogens with one attached hydrogen (secondary N) is 4. The van der Waals surface area contributed by atoms with E-state index in [4.69, 9.17) is 0 Å². The molecule has 4 aliphatic rings. The highest BCUT2D eigenvalue weighted by molar-refractivity contribution is 8.26. The van der Waals surface area contributed by atoms with Crippen LogP contribution in [0.15, 0.2) is 39.2 Å². The molecule has 0 atom stereocenters. The SMILES string of the molecule is O=C1NC(=O)C(=C2Sc3c(O)c4c(c(O)c3S2)SC(=C2C(=O)NC(=O)NC2=O)S4)C(=O)N1. The fourth-order valence-corrected chi connectivity index (χ4v) is 8.34. The number of barbiturate groups is 2. The van der Waals surface area contributed by atoms with E-state index in [2.05, 4.69) is 0 Å². The molecule has 4 heterocycles. The van der Waals surface area contributed by atoms with Crippen molar-refractivity contribution in [2.75, 3.05) is 0 Å². The molecule has 2 fully saturated rings. The van der Waals surface area contributed by atoms with Gasteiger partial charge in [-0.15, -0.1) is 0 Å². The standard InChI is InChI=1S/C16H6N4O8S4/c21-3-5-6(30-13(29-5)1-9(23)17-15(27)18-10(1)24)4(22)8-7(3)31-14(32-8)2-11(25)19-16(28)20-12(2)26/h21-22H,(H2,17,18,23,24,27)(H2,19,20,25,26,28). The smallest absolute Gasteiger partial charge is 0.328 e. The van der Waals surface area contributed by atoms with E-state index >= 15 is 0 Å². The van der Waals surface area contributed by atoms with Crippen LogP contribution in [-0.2, 0) is 19.2 Å². The van der Waals surface area contributed by atoms with Crippen molar-refractivity contribution in [3.05, 3.63) is 19.6 Å². The Hall–Kier alpha value is -3.08. The minimum Gasteiger partial charge on any atom is -0.505 e. The Balaban J connectivity index is 1.55. The van der Waals surface area contributed by atoms with Crippen LogP contribution in [0.1, 0.15) is 0 Å². The average Bonchev–Trinajstić information content (AvgIpc) is 3.30. The van der Waals surface area contributed by atoms with Crippen molar-refractivity contribution in [3.63, 3.8) is 0 Å². The average molecular weight is 511 g/mol. The third kappa shape index (κ3) is 3.06. The number of hydrogen-bond acceptors (Lipinski definition) is 12. The van der Waals surface area contributed by atoms with Gasteiger partial charge in [0.2, 0.25) is 0 Å². The molecule has 5 rings (SSSR count). The van der Waals surface area contributed by atoms with Gasteiger partial charge in [-0.1, -0.05) is 47.0 Å². The number of fused-ring (bicyclic) bond motifs is 2. The maximum Gasteiger partial charge on any atom is 0.328 e. The number of hydrogen-bond donors (Lipinski definition) is 6. The molecule has 0 unspecified atom stereocenters. The van der Waals surface area contributed by atoms with E-state index in [0.29, 0.717) is 0 Å². The van der Waals surface area contributed by atoms with Crippen molar-refractivity contribution in [2.24, 2.45) is 0 Å². The Morgan fingerprint density at radius 3 is 0.969 bits per heavy atom. The molecule has 1 aromatic carbocycles. The van der Waals surface area contributed by atoms with Crippen LogP contribution in [-0.4, -0.2) is 45.9 Å². The van der Waals surface area contributed by atoms with Crippen molar-refractivity contribution >= 4 is 82.7 Å². The summed E-state index contributed by atoms with van der Waals surface area (Å²) in [6.07, 6.45) is 0. The lowest BCUT2D eigenvalue weighted by Gasteiger charge is -2.15. The molecule has 0 bridgehead atoms. The van der Waals surface area contributed by atoms with E-state index in [9.17, 15) is 39.0 Å². The second-order valence-electron chi connectivity index (χ2n) is 6.22. The summed E-state index contributed by atoms with van der Waals surface area (Å²) in [5, 5.41) is 29.4. The van der Waals surface area contributed by atoms with E-state index in [1.165, 1.54) is 0 Å². The number of thioether (sulfide) groups is 4. The Morgan fingerprint density at radius 1 is 0.469 bits per heavy atom. The summed E-state index contributed by atoms with van der Waals surface area (Å²) >= 11 is 3.42. The van der Waals surface area contributed by atoms with Crippen molar-refractivity contribution in [3.8, 4) is 11.5 Å². The second-order valence-corrected chi connectivity index (χ2v) is 10.8. The van der Waals surface area contributed by atoms with Gasteiger partial charge in [0.15, 0.2) is 0 Å². The number of carbonyl (C=O) groups is 6. The number of aromatic hydroxyl groups is 2. The van der Waals surface area contributed by atoms with Gasteiger partial charge in [0.1, 0.15) is 22.6 Å². The van der Waals surface area contributed by atoms with Crippen molar-refractivity contribution in [1.29, 1.82) is 0 Å². The predicted octanol–water partition coefficient (Wildman–Crippen LogP) is 0.649. The van der Waals surface area contributed by atoms with E-state index in [0.717, 1.165) is 47.0 Å². The third-order valence-electron chi connectivity index (χ3n) is 4.28. The van der Waals surface area contributed by atoms with Crippen LogP contribution < -0.4 is 21.3 Å². The molecule has 0 saturated carbocycles. The minimum absolute atomic E-state index is 0.148. The lowest BCUT2D eigenvalue weighted by Crippen LogP contribution is -2.51. The van der Waals surface area contributed by atoms with Crippen molar-refractivity contribution in [1.82, 2.24) is 21.3 Å². The molecule has 162 valence electrons. The quantitative estimate of drug-likeness (QED) is 0.162. The molecule has 0 spiro atoms. The first kappa shape index (κ1) is 20.8. The summed E-state index contributed by atoms with van der Waals surface area (Å²) in [4.78, 5) is 71.6. The number of phenols is 2. The number of amides is 8. The van der Waals surface area contributed by atoms with Gasteiger partial charge < -0.3 is 10.2 Å². The van der Waals surface area contributed by atoms with Gasteiger partial charge in [-0.3, -0.25) is 40.4 Å². The summed E-state index contributed by atoms with van der Waals surface area (Å²) in [6.45, 7) is 0. The first-order chi connectivity index (χ1) is 15.2. The van der Waals surface area contributed by atoms with E-state index in [1.54, 1.807) is 0 Å². The molecule has 0 aliphatic carbocycles. The zero-order valence-electron chi connectivity index (χ0n) is 15.0. The molecule has 32 heavy (non-hydrogen) atoms. The monoisotopic (exact) mass is 510 g/mol. The maximum absolute atomic E-state index is 12.1. The maximum atomic E-state index is 12.1. The highest BCUT2D eigenvalue weighted by Crippen LogP contribution is 2.67. The summed E-state index contributed by atoms with van der Waals surface area (Å²) in [5.41, 5.74) is -0.670. The van der Waals surface area contributed by atoms with Gasteiger partial charge in [0.05, 0.1) is 28.1 Å². The summed E-state index contributed by atoms with van der Waals surface area (Å²) < 4.78 is 0.296. The molecule has 0 radical (unpaired) electrons. The molecule has 1 aromatic rings. The number of carbonyl (C=O) groups excluding carboxylic acids is 6. The lowest BCUT2D eigenvalue weighted by atomic mass is 10.2. The first-order valence-electron chi connectivity index (χ1n) is 8.30. The topological polar surface area (TPSA) is 191 Å². The summed E-state index contributed by atoms with van der Waals surface area (Å²) in [6, 6.07) is -1.91. The van der Waals surface area contributed by atoms with Crippen LogP contribution in [0.2, 0.25) is 0 Å². The van der Waals surface area contributed by atoms with E-state index in [1.807, 2.05) is 21.3 Å². The number of benzene rings is 1. The van der Waals surface area contributed by atoms with Crippen LogP contribution in [0.4, 0.5) is 9.59 Å². The summed E-state index contributed by atoms with van der Waals surface area (Å²) in [7, 11) is 0. The molecular formula is C16H6N4O8S4. The summed E-state index contributed by atoms with van der Waals surface area (Å²) in [5.74, 6) is -4.20. The Bertz CT molecular complexity index is 1130. The zero-order valence-corrected chi connectivity index (χ0v) is 18.2. The van der Waals surface area contributed by atoms with Gasteiger partial charge in [-0.25, -0.2) is 9.59 Å². The Morgan fingerprint density at radius 2 is 0.719 bits per heavy atom. The molecule has 2 saturated heterocycles. The van der Waals surface area contributed by atoms with Crippen LogP contribution in [0.5, 0.6) is 11.5 Å². The number of phenolic OH excluding ortho intramolecular Hbond substituents is 2. The molecule has 0 aromatic heterocycles. The van der Waals surface area contributed by atoms with Crippen molar-refractivity contribution in [2.45, 2.75) is 19.6 Å². The van der Waals surface area contributed by atoms with Crippen LogP contribution in [0.3, 0.4) is 0 Å². The highest BCUT2D eigenvalue weighted by Gasteiger charge is 2.41. The lowest BCUT2D eigenvalue weighted by molar-refractivity contribution is -0.125. The molecule has 4 aliphatic heterocycles. The van der Waals surface area contributed by atoms with Crippen LogP contribution in [0, 0.1) is 0 Å². The predicted molar refractivity (Wildman–Crippen MR) is 111 cm³/mol. The van der Waals surface area contributed by atoms with Crippen molar-refractivity contribution < 1.29 is 39.0 Å². The number of rotatable bonds is 0. The van der Waals surface area contributed by atoms with Gasteiger partial charge in [0.25, 0.3) is 23.6 Å². The van der Waals surface area contributed by atoms with Gasteiger partial charge in [0, 0.05) is 0 Å². The first-order valence-corrected chi connectivity index (χ1v) is 11.6. The second kappa shape index (κ2) is 7.22. The molecule has 8 amide bonds. The Labute approximate surface area is 193 Å². The number of urea groups is 2. The largest absolute Gasteiger partial charge is 0.505 e. The fourth-order valence-electron chi connectivity index (χ4n) is 2.93. The van der Waals surface area contributed by atoms with Gasteiger partial charge in [-0.2, -0.15) is 0 Å². The van der Waals surface area contributed by atoms with Crippen LogP contribution >= 0.6 is 47.0 Å². The molecular weight excluding hydrogens is 504 g/mol. The minimum atomic E-state index is -0.953. The third-order valence-corrected chi connectivity index (χ3v) is 9.50. The van der Waals surface area contributed by atoms with Gasteiger partial charge >= 0.3 is 12.1 Å². The number of imide groups is 4. The fraction of sp³-hybridized carbons (Fsp3) is 0. The Kier molecular flexibility index (Phi) is 4.70. The normalized spacial score (nSPS) is 20.1. The molecule has 12 nitrogen and oxygen atoms in total. The van der Waals surface area contributed by atoms with E-state index < -0.39 is 35.7 Å².